The molecule has 0 aromatic carbocycles. The molecule has 0 unspecified atom stereocenters. The maximum atomic E-state index is 5.76. The molecule has 0 atom stereocenters. The van der Waals surface area contributed by atoms with Crippen molar-refractivity contribution in [3.05, 3.63) is 29.0 Å². The lowest BCUT2D eigenvalue weighted by Gasteiger charge is -2.29. The molecule has 0 amide bonds. The molecule has 3 heterocycles. The summed E-state index contributed by atoms with van der Waals surface area (Å²) in [6.07, 6.45) is 5.30. The quantitative estimate of drug-likeness (QED) is 0.851. The molecule has 0 aliphatic carbocycles. The Bertz CT molecular complexity index is 551. The topological polar surface area (TPSA) is 72.9 Å². The van der Waals surface area contributed by atoms with E-state index < -0.39 is 0 Å². The number of hydrogen-bond donors (Lipinski definition) is 1. The van der Waals surface area contributed by atoms with E-state index in [1.54, 1.807) is 0 Å². The molecule has 6 nitrogen and oxygen atoms in total. The average Bonchev–Trinajstić information content (AvgIpc) is 2.79. The Morgan fingerprint density at radius 1 is 1.24 bits per heavy atom. The van der Waals surface area contributed by atoms with Crippen molar-refractivity contribution in [2.75, 3.05) is 17.2 Å². The summed E-state index contributed by atoms with van der Waals surface area (Å²) < 4.78 is 2.90. The molecule has 3 rings (SSSR count). The summed E-state index contributed by atoms with van der Waals surface area (Å²) in [6.45, 7) is 2.53. The zero-order chi connectivity index (χ0) is 11.8. The van der Waals surface area contributed by atoms with Gasteiger partial charge in [-0.15, -0.1) is 0 Å². The van der Waals surface area contributed by atoms with Gasteiger partial charge in [0.2, 0.25) is 0 Å². The van der Waals surface area contributed by atoms with E-state index in [9.17, 15) is 0 Å². The lowest BCUT2D eigenvalue weighted by molar-refractivity contribution is 0.555. The van der Waals surface area contributed by atoms with Crippen molar-refractivity contribution in [1.29, 1.82) is 0 Å². The first-order valence-electron chi connectivity index (χ1n) is 5.26. The van der Waals surface area contributed by atoms with Gasteiger partial charge < -0.3 is 15.2 Å². The molecule has 0 saturated carbocycles. The van der Waals surface area contributed by atoms with Gasteiger partial charge in [0.25, 0.3) is 0 Å². The normalized spacial score (nSPS) is 14.8. The van der Waals surface area contributed by atoms with E-state index >= 15 is 0 Å². The van der Waals surface area contributed by atoms with Gasteiger partial charge in [0.05, 0.1) is 6.54 Å². The van der Waals surface area contributed by atoms with Crippen molar-refractivity contribution < 1.29 is 0 Å². The van der Waals surface area contributed by atoms with E-state index in [1.165, 1.54) is 6.33 Å². The van der Waals surface area contributed by atoms with Crippen LogP contribution in [0.2, 0.25) is 0 Å². The van der Waals surface area contributed by atoms with Gasteiger partial charge in [0, 0.05) is 25.5 Å². The fraction of sp³-hybridized carbons (Fsp3) is 0.300. The summed E-state index contributed by atoms with van der Waals surface area (Å²) >= 11 is 3.43. The van der Waals surface area contributed by atoms with Crippen molar-refractivity contribution in [3.8, 4) is 0 Å². The standard InChI is InChI=1S/C10H11BrN6/c11-8-9(12)14-6-15-10(8)17-4-3-16-2-1-13-7(16)5-17/h1-2,6H,3-5H2,(H2,12,14,15). The van der Waals surface area contributed by atoms with Gasteiger partial charge >= 0.3 is 0 Å². The molecular weight excluding hydrogens is 284 g/mol. The summed E-state index contributed by atoms with van der Waals surface area (Å²) in [6, 6.07) is 0. The van der Waals surface area contributed by atoms with Gasteiger partial charge in [-0.3, -0.25) is 0 Å². The third-order valence-electron chi connectivity index (χ3n) is 2.84. The maximum absolute atomic E-state index is 5.76. The Morgan fingerprint density at radius 3 is 3.00 bits per heavy atom. The van der Waals surface area contributed by atoms with Crippen LogP contribution in [0.3, 0.4) is 0 Å². The second-order valence-corrected chi connectivity index (χ2v) is 4.65. The highest BCUT2D eigenvalue weighted by molar-refractivity contribution is 9.10. The van der Waals surface area contributed by atoms with Crippen LogP contribution in [0, 0.1) is 0 Å². The number of hydrogen-bond acceptors (Lipinski definition) is 5. The monoisotopic (exact) mass is 294 g/mol. The Kier molecular flexibility index (Phi) is 2.47. The van der Waals surface area contributed by atoms with Crippen LogP contribution in [0.1, 0.15) is 5.82 Å². The predicted molar refractivity (Wildman–Crippen MR) is 67.4 cm³/mol. The van der Waals surface area contributed by atoms with Crippen molar-refractivity contribution >= 4 is 27.6 Å². The number of aromatic nitrogens is 4. The van der Waals surface area contributed by atoms with Crippen molar-refractivity contribution in [1.82, 2.24) is 19.5 Å². The van der Waals surface area contributed by atoms with E-state index in [2.05, 4.69) is 40.3 Å². The molecular formula is C10H11BrN6. The molecule has 7 heteroatoms. The summed E-state index contributed by atoms with van der Waals surface area (Å²) in [5.41, 5.74) is 5.76. The second-order valence-electron chi connectivity index (χ2n) is 3.85. The number of nitrogen functional groups attached to an aromatic ring is 1. The number of nitrogens with zero attached hydrogens (tertiary/aromatic N) is 5. The van der Waals surface area contributed by atoms with Crippen molar-refractivity contribution in [2.24, 2.45) is 0 Å². The Balaban J connectivity index is 1.94. The molecule has 0 saturated heterocycles. The number of rotatable bonds is 1. The summed E-state index contributed by atoms with van der Waals surface area (Å²) in [5.74, 6) is 2.33. The third kappa shape index (κ3) is 1.76. The first kappa shape index (κ1) is 10.5. The molecule has 17 heavy (non-hydrogen) atoms. The van der Waals surface area contributed by atoms with Crippen LogP contribution < -0.4 is 10.6 Å². The fourth-order valence-electron chi connectivity index (χ4n) is 1.95. The third-order valence-corrected chi connectivity index (χ3v) is 3.60. The van der Waals surface area contributed by atoms with Gasteiger partial charge in [-0.25, -0.2) is 15.0 Å². The van der Waals surface area contributed by atoms with Gasteiger partial charge in [-0.2, -0.15) is 0 Å². The molecule has 2 aromatic heterocycles. The fourth-order valence-corrected chi connectivity index (χ4v) is 2.40. The molecule has 0 bridgehead atoms. The molecule has 0 spiro atoms. The van der Waals surface area contributed by atoms with E-state index in [-0.39, 0.29) is 0 Å². The lowest BCUT2D eigenvalue weighted by atomic mass is 10.3. The highest BCUT2D eigenvalue weighted by Crippen LogP contribution is 2.29. The number of fused-ring (bicyclic) bond motifs is 1. The molecule has 0 fully saturated rings. The molecule has 1 aliphatic rings. The molecule has 1 aliphatic heterocycles. The minimum absolute atomic E-state index is 0.462. The van der Waals surface area contributed by atoms with Crippen LogP contribution in [-0.4, -0.2) is 26.1 Å². The SMILES string of the molecule is Nc1ncnc(N2CCn3ccnc3C2)c1Br. The van der Waals surface area contributed by atoms with Crippen LogP contribution in [0.25, 0.3) is 0 Å². The minimum atomic E-state index is 0.462. The summed E-state index contributed by atoms with van der Waals surface area (Å²) in [5, 5.41) is 0. The van der Waals surface area contributed by atoms with Crippen LogP contribution in [0.5, 0.6) is 0 Å². The first-order valence-corrected chi connectivity index (χ1v) is 6.06. The smallest absolute Gasteiger partial charge is 0.149 e. The molecule has 88 valence electrons. The van der Waals surface area contributed by atoms with E-state index in [1.807, 2.05) is 12.4 Å². The largest absolute Gasteiger partial charge is 0.383 e. The highest BCUT2D eigenvalue weighted by Gasteiger charge is 2.20. The number of anilines is 2. The predicted octanol–water partition coefficient (Wildman–Crippen LogP) is 1.04. The van der Waals surface area contributed by atoms with Gasteiger partial charge in [0.1, 0.15) is 28.3 Å². The van der Waals surface area contributed by atoms with Crippen molar-refractivity contribution in [3.63, 3.8) is 0 Å². The zero-order valence-electron chi connectivity index (χ0n) is 9.04. The maximum Gasteiger partial charge on any atom is 0.149 e. The van der Waals surface area contributed by atoms with E-state index in [0.29, 0.717) is 5.82 Å². The molecule has 2 aromatic rings. The van der Waals surface area contributed by atoms with Crippen LogP contribution in [-0.2, 0) is 13.1 Å². The van der Waals surface area contributed by atoms with Crippen LogP contribution in [0.15, 0.2) is 23.2 Å². The number of imidazole rings is 1. The zero-order valence-corrected chi connectivity index (χ0v) is 10.6. The van der Waals surface area contributed by atoms with Crippen LogP contribution in [0.4, 0.5) is 11.6 Å². The van der Waals surface area contributed by atoms with Crippen molar-refractivity contribution in [2.45, 2.75) is 13.1 Å². The Labute approximate surface area is 107 Å². The second kappa shape index (κ2) is 3.99. The van der Waals surface area contributed by atoms with Gasteiger partial charge in [-0.05, 0) is 15.9 Å². The van der Waals surface area contributed by atoms with Gasteiger partial charge in [0.15, 0.2) is 0 Å². The highest BCUT2D eigenvalue weighted by atomic mass is 79.9. The lowest BCUT2D eigenvalue weighted by Crippen LogP contribution is -2.34. The van der Waals surface area contributed by atoms with E-state index in [0.717, 1.165) is 35.7 Å². The number of halogens is 1. The summed E-state index contributed by atoms with van der Waals surface area (Å²) in [7, 11) is 0. The first-order chi connectivity index (χ1) is 8.25. The molecule has 2 N–H and O–H groups in total. The number of nitrogens with two attached hydrogens (primary N) is 1. The summed E-state index contributed by atoms with van der Waals surface area (Å²) in [4.78, 5) is 14.7. The van der Waals surface area contributed by atoms with Crippen LogP contribution >= 0.6 is 15.9 Å². The van der Waals surface area contributed by atoms with E-state index in [4.69, 9.17) is 5.73 Å². The Morgan fingerprint density at radius 2 is 2.12 bits per heavy atom. The van der Waals surface area contributed by atoms with Gasteiger partial charge in [-0.1, -0.05) is 0 Å². The minimum Gasteiger partial charge on any atom is -0.383 e. The molecule has 0 radical (unpaired) electrons. The average molecular weight is 295 g/mol. The Hall–Kier alpha value is -1.63.